The van der Waals surface area contributed by atoms with Gasteiger partial charge in [-0.05, 0) is 46.9 Å². The average molecular weight is 378 g/mol. The average Bonchev–Trinajstić information content (AvgIpc) is 2.76. The highest BCUT2D eigenvalue weighted by molar-refractivity contribution is 14.1. The predicted molar refractivity (Wildman–Crippen MR) is 77.2 cm³/mol. The van der Waals surface area contributed by atoms with Gasteiger partial charge in [-0.25, -0.2) is 4.79 Å². The lowest BCUT2D eigenvalue weighted by Crippen LogP contribution is -2.05. The number of hydrogen-bond acceptors (Lipinski definition) is 3. The molecule has 1 aromatic heterocycles. The Balaban J connectivity index is 2.11. The van der Waals surface area contributed by atoms with Crippen LogP contribution in [0.5, 0.6) is 0 Å². The monoisotopic (exact) mass is 377 g/mol. The van der Waals surface area contributed by atoms with Gasteiger partial charge in [0, 0.05) is 15.7 Å². The first kappa shape index (κ1) is 13.2. The summed E-state index contributed by atoms with van der Waals surface area (Å²) < 4.78 is 5.93. The largest absolute Gasteiger partial charge is 0.475 e. The van der Waals surface area contributed by atoms with E-state index in [1.54, 1.807) is 6.07 Å². The zero-order valence-electron chi connectivity index (χ0n) is 9.11. The molecule has 1 aromatic carbocycles. The molecule has 0 saturated heterocycles. The van der Waals surface area contributed by atoms with E-state index in [9.17, 15) is 4.79 Å². The number of carboxylic acid groups (broad SMARTS) is 1. The van der Waals surface area contributed by atoms with Gasteiger partial charge in [0.05, 0.1) is 17.0 Å². The number of rotatable bonds is 4. The molecule has 94 valence electrons. The van der Waals surface area contributed by atoms with Crippen LogP contribution in [0.25, 0.3) is 0 Å². The molecule has 1 heterocycles. The van der Waals surface area contributed by atoms with Crippen LogP contribution in [0, 0.1) is 3.57 Å². The predicted octanol–water partition coefficient (Wildman–Crippen LogP) is 3.85. The number of hydrogen-bond donors (Lipinski definition) is 2. The van der Waals surface area contributed by atoms with Crippen LogP contribution in [0.1, 0.15) is 16.1 Å². The molecule has 0 unspecified atom stereocenters. The van der Waals surface area contributed by atoms with Crippen molar-refractivity contribution in [1.29, 1.82) is 0 Å². The number of halogens is 2. The van der Waals surface area contributed by atoms with Gasteiger partial charge in [-0.15, -0.1) is 0 Å². The van der Waals surface area contributed by atoms with Crippen molar-refractivity contribution in [2.24, 2.45) is 0 Å². The Bertz CT molecular complexity index is 582. The first-order chi connectivity index (χ1) is 8.58. The van der Waals surface area contributed by atoms with E-state index in [1.165, 1.54) is 6.26 Å². The fourth-order valence-corrected chi connectivity index (χ4v) is 2.41. The van der Waals surface area contributed by atoms with Crippen molar-refractivity contribution < 1.29 is 14.3 Å². The first-order valence-electron chi connectivity index (χ1n) is 5.06. The summed E-state index contributed by atoms with van der Waals surface area (Å²) in [6.45, 7) is 0.346. The molecule has 0 saturated carbocycles. The zero-order valence-corrected chi connectivity index (χ0v) is 12.0. The molecule has 4 nitrogen and oxygen atoms in total. The van der Waals surface area contributed by atoms with Crippen LogP contribution in [0.2, 0.25) is 5.02 Å². The maximum absolute atomic E-state index is 10.9. The van der Waals surface area contributed by atoms with E-state index in [-0.39, 0.29) is 5.76 Å². The van der Waals surface area contributed by atoms with Crippen LogP contribution in [0.15, 0.2) is 34.9 Å². The molecule has 18 heavy (non-hydrogen) atoms. The highest BCUT2D eigenvalue weighted by Gasteiger charge is 2.13. The number of carbonyl (C=O) groups is 1. The Morgan fingerprint density at radius 3 is 2.89 bits per heavy atom. The fraction of sp³-hybridized carbons (Fsp3) is 0.0833. The van der Waals surface area contributed by atoms with Gasteiger partial charge in [0.1, 0.15) is 0 Å². The maximum Gasteiger partial charge on any atom is 0.372 e. The third-order valence-corrected chi connectivity index (χ3v) is 3.33. The fourth-order valence-electron chi connectivity index (χ4n) is 1.49. The molecule has 0 aliphatic rings. The number of nitrogens with one attached hydrogen (secondary N) is 1. The van der Waals surface area contributed by atoms with Crippen molar-refractivity contribution in [3.8, 4) is 0 Å². The Hall–Kier alpha value is -1.21. The molecule has 0 atom stereocenters. The quantitative estimate of drug-likeness (QED) is 0.795. The smallest absolute Gasteiger partial charge is 0.372 e. The van der Waals surface area contributed by atoms with Gasteiger partial charge in [-0.1, -0.05) is 11.6 Å². The summed E-state index contributed by atoms with van der Waals surface area (Å²) in [6, 6.07) is 7.22. The molecule has 6 heteroatoms. The van der Waals surface area contributed by atoms with Crippen molar-refractivity contribution in [3.05, 3.63) is 50.4 Å². The summed E-state index contributed by atoms with van der Waals surface area (Å²) in [5, 5.41) is 12.6. The standard InChI is InChI=1S/C12H9ClINO3/c13-9-5-8(14)1-2-10(9)15-6-7-3-4-18-11(7)12(16)17/h1-5,15H,6H2,(H,16,17). The minimum atomic E-state index is -1.08. The highest BCUT2D eigenvalue weighted by atomic mass is 127. The summed E-state index contributed by atoms with van der Waals surface area (Å²) in [5.41, 5.74) is 1.34. The molecule has 0 radical (unpaired) electrons. The van der Waals surface area contributed by atoms with Gasteiger partial charge >= 0.3 is 5.97 Å². The van der Waals surface area contributed by atoms with E-state index in [4.69, 9.17) is 21.1 Å². The van der Waals surface area contributed by atoms with Crippen molar-refractivity contribution in [1.82, 2.24) is 0 Å². The van der Waals surface area contributed by atoms with Gasteiger partial charge in [0.2, 0.25) is 5.76 Å². The second-order valence-corrected chi connectivity index (χ2v) is 5.21. The summed E-state index contributed by atoms with van der Waals surface area (Å²) in [6.07, 6.45) is 1.36. The van der Waals surface area contributed by atoms with E-state index >= 15 is 0 Å². The van der Waals surface area contributed by atoms with Crippen molar-refractivity contribution in [2.75, 3.05) is 5.32 Å². The minimum Gasteiger partial charge on any atom is -0.475 e. The van der Waals surface area contributed by atoms with Gasteiger partial charge < -0.3 is 14.8 Å². The highest BCUT2D eigenvalue weighted by Crippen LogP contribution is 2.24. The first-order valence-corrected chi connectivity index (χ1v) is 6.52. The van der Waals surface area contributed by atoms with Crippen molar-refractivity contribution in [2.45, 2.75) is 6.54 Å². The van der Waals surface area contributed by atoms with E-state index in [0.29, 0.717) is 17.1 Å². The van der Waals surface area contributed by atoms with Crippen LogP contribution >= 0.6 is 34.2 Å². The SMILES string of the molecule is O=C(O)c1occc1CNc1ccc(I)cc1Cl. The summed E-state index contributed by atoms with van der Waals surface area (Å²) in [5.74, 6) is -1.13. The maximum atomic E-state index is 10.9. The molecule has 0 aliphatic carbocycles. The second kappa shape index (κ2) is 5.62. The van der Waals surface area contributed by atoms with E-state index < -0.39 is 5.97 Å². The van der Waals surface area contributed by atoms with Crippen molar-refractivity contribution in [3.63, 3.8) is 0 Å². The molecule has 0 amide bonds. The number of aromatic carboxylic acids is 1. The summed E-state index contributed by atoms with van der Waals surface area (Å²) >= 11 is 8.24. The van der Waals surface area contributed by atoms with Gasteiger partial charge in [0.15, 0.2) is 0 Å². The lowest BCUT2D eigenvalue weighted by atomic mass is 10.2. The Kier molecular flexibility index (Phi) is 4.13. The van der Waals surface area contributed by atoms with Crippen molar-refractivity contribution >= 4 is 45.8 Å². The normalized spacial score (nSPS) is 10.3. The molecule has 2 rings (SSSR count). The second-order valence-electron chi connectivity index (χ2n) is 3.56. The Morgan fingerprint density at radius 2 is 2.22 bits per heavy atom. The third kappa shape index (κ3) is 2.97. The number of anilines is 1. The molecule has 2 aromatic rings. The van der Waals surface area contributed by atoms with E-state index in [0.717, 1.165) is 9.26 Å². The molecule has 0 spiro atoms. The molecule has 0 fully saturated rings. The zero-order chi connectivity index (χ0) is 13.1. The molecular weight excluding hydrogens is 368 g/mol. The molecule has 0 aliphatic heterocycles. The van der Waals surface area contributed by atoms with Gasteiger partial charge in [0.25, 0.3) is 0 Å². The van der Waals surface area contributed by atoms with Crippen LogP contribution in [0.4, 0.5) is 5.69 Å². The van der Waals surface area contributed by atoms with Crippen LogP contribution in [-0.4, -0.2) is 11.1 Å². The molecule has 0 bridgehead atoms. The van der Waals surface area contributed by atoms with Crippen LogP contribution in [0.3, 0.4) is 0 Å². The Morgan fingerprint density at radius 1 is 1.44 bits per heavy atom. The molecular formula is C12H9ClINO3. The minimum absolute atomic E-state index is 0.0517. The number of benzene rings is 1. The number of furan rings is 1. The van der Waals surface area contributed by atoms with E-state index in [1.807, 2.05) is 18.2 Å². The summed E-state index contributed by atoms with van der Waals surface area (Å²) in [7, 11) is 0. The number of carboxylic acids is 1. The van der Waals surface area contributed by atoms with Crippen LogP contribution < -0.4 is 5.32 Å². The lowest BCUT2D eigenvalue weighted by molar-refractivity contribution is 0.0661. The molecule has 2 N–H and O–H groups in total. The van der Waals surface area contributed by atoms with E-state index in [2.05, 4.69) is 27.9 Å². The summed E-state index contributed by atoms with van der Waals surface area (Å²) in [4.78, 5) is 10.9. The van der Waals surface area contributed by atoms with Gasteiger partial charge in [-0.2, -0.15) is 0 Å². The third-order valence-electron chi connectivity index (χ3n) is 2.34. The van der Waals surface area contributed by atoms with Crippen LogP contribution in [-0.2, 0) is 6.54 Å². The lowest BCUT2D eigenvalue weighted by Gasteiger charge is -2.07. The topological polar surface area (TPSA) is 62.5 Å². The Labute approximate surface area is 122 Å². The van der Waals surface area contributed by atoms with Gasteiger partial charge in [-0.3, -0.25) is 0 Å².